The number of aromatic nitrogens is 3. The Morgan fingerprint density at radius 2 is 2.11 bits per heavy atom. The number of carbonyl (C=O) groups is 1. The summed E-state index contributed by atoms with van der Waals surface area (Å²) in [6.07, 6.45) is 0.739. The lowest BCUT2D eigenvalue weighted by Gasteiger charge is -2.18. The van der Waals surface area contributed by atoms with Gasteiger partial charge in [0.15, 0.2) is 0 Å². The number of pyridine rings is 1. The van der Waals surface area contributed by atoms with E-state index in [1.54, 1.807) is 18.1 Å². The summed E-state index contributed by atoms with van der Waals surface area (Å²) in [7, 11) is 1.59. The maximum atomic E-state index is 12.8. The van der Waals surface area contributed by atoms with Crippen LogP contribution in [0.25, 0.3) is 10.6 Å². The summed E-state index contributed by atoms with van der Waals surface area (Å²) in [6.45, 7) is 4.75. The van der Waals surface area contributed by atoms with Crippen molar-refractivity contribution in [2.45, 2.75) is 20.3 Å². The number of amides is 1. The fraction of sp³-hybridized carbons (Fsp3) is 0.300. The standard InChI is InChI=1S/C20H21N5O2S/c1-12-4-5-14(20-22-13(2)24-28-20)10-16(12)21-11-19(26)25-9-8-15-17(25)6-7-18(23-15)27-3/h4-7,10,21H,8-9,11H2,1-3H3. The van der Waals surface area contributed by atoms with Gasteiger partial charge in [-0.3, -0.25) is 4.79 Å². The number of benzene rings is 1. The molecule has 0 spiro atoms. The summed E-state index contributed by atoms with van der Waals surface area (Å²) in [6, 6.07) is 9.76. The molecule has 8 heteroatoms. The number of hydrogen-bond acceptors (Lipinski definition) is 7. The second-order valence-electron chi connectivity index (χ2n) is 6.64. The molecule has 144 valence electrons. The van der Waals surface area contributed by atoms with Crippen LogP contribution in [0.2, 0.25) is 0 Å². The first-order chi connectivity index (χ1) is 13.5. The van der Waals surface area contributed by atoms with Crippen LogP contribution in [0, 0.1) is 13.8 Å². The van der Waals surface area contributed by atoms with E-state index in [1.165, 1.54) is 11.5 Å². The Balaban J connectivity index is 1.47. The summed E-state index contributed by atoms with van der Waals surface area (Å²) in [5, 5.41) is 4.16. The molecular formula is C20H21N5O2S. The van der Waals surface area contributed by atoms with Crippen molar-refractivity contribution < 1.29 is 9.53 Å². The average molecular weight is 395 g/mol. The van der Waals surface area contributed by atoms with Crippen LogP contribution in [0.5, 0.6) is 5.88 Å². The average Bonchev–Trinajstić information content (AvgIpc) is 3.32. The van der Waals surface area contributed by atoms with Gasteiger partial charge >= 0.3 is 0 Å². The van der Waals surface area contributed by atoms with Gasteiger partial charge in [-0.05, 0) is 43.1 Å². The molecule has 0 unspecified atom stereocenters. The summed E-state index contributed by atoms with van der Waals surface area (Å²) in [5.74, 6) is 1.36. The zero-order valence-electron chi connectivity index (χ0n) is 16.0. The van der Waals surface area contributed by atoms with E-state index in [-0.39, 0.29) is 12.5 Å². The molecule has 0 saturated carbocycles. The highest BCUT2D eigenvalue weighted by Crippen LogP contribution is 2.29. The number of ether oxygens (including phenoxy) is 1. The van der Waals surface area contributed by atoms with E-state index in [0.29, 0.717) is 12.4 Å². The van der Waals surface area contributed by atoms with Crippen LogP contribution in [-0.2, 0) is 11.2 Å². The zero-order valence-corrected chi connectivity index (χ0v) is 16.8. The molecule has 4 rings (SSSR count). The maximum absolute atomic E-state index is 12.8. The lowest BCUT2D eigenvalue weighted by atomic mass is 10.1. The Morgan fingerprint density at radius 3 is 2.86 bits per heavy atom. The molecule has 1 amide bonds. The zero-order chi connectivity index (χ0) is 19.7. The predicted octanol–water partition coefficient (Wildman–Crippen LogP) is 3.23. The predicted molar refractivity (Wildman–Crippen MR) is 110 cm³/mol. The lowest BCUT2D eigenvalue weighted by molar-refractivity contribution is -0.116. The molecule has 7 nitrogen and oxygen atoms in total. The van der Waals surface area contributed by atoms with Crippen LogP contribution in [-0.4, -0.2) is 40.4 Å². The van der Waals surface area contributed by atoms with E-state index in [9.17, 15) is 4.79 Å². The minimum absolute atomic E-state index is 0.0160. The van der Waals surface area contributed by atoms with Gasteiger partial charge < -0.3 is 15.0 Å². The summed E-state index contributed by atoms with van der Waals surface area (Å²) in [4.78, 5) is 23.4. The highest BCUT2D eigenvalue weighted by molar-refractivity contribution is 7.09. The number of hydrogen-bond donors (Lipinski definition) is 1. The van der Waals surface area contributed by atoms with E-state index in [0.717, 1.165) is 45.4 Å². The normalized spacial score (nSPS) is 12.8. The third-order valence-electron chi connectivity index (χ3n) is 4.74. The molecule has 0 saturated heterocycles. The van der Waals surface area contributed by atoms with Gasteiger partial charge in [0.05, 0.1) is 25.0 Å². The molecule has 0 atom stereocenters. The monoisotopic (exact) mass is 395 g/mol. The van der Waals surface area contributed by atoms with E-state index < -0.39 is 0 Å². The molecule has 0 radical (unpaired) electrons. The Hall–Kier alpha value is -3.00. The number of aryl methyl sites for hydroxylation is 2. The van der Waals surface area contributed by atoms with Crippen molar-refractivity contribution in [3.05, 3.63) is 47.4 Å². The first kappa shape index (κ1) is 18.4. The van der Waals surface area contributed by atoms with Crippen molar-refractivity contribution >= 4 is 28.8 Å². The van der Waals surface area contributed by atoms with E-state index in [2.05, 4.69) is 19.7 Å². The second kappa shape index (κ2) is 7.55. The number of methoxy groups -OCH3 is 1. The van der Waals surface area contributed by atoms with Gasteiger partial charge in [0.2, 0.25) is 11.8 Å². The van der Waals surface area contributed by atoms with Crippen LogP contribution in [0.3, 0.4) is 0 Å². The molecule has 0 bridgehead atoms. The van der Waals surface area contributed by atoms with Crippen LogP contribution < -0.4 is 15.0 Å². The van der Waals surface area contributed by atoms with E-state index in [4.69, 9.17) is 4.74 Å². The van der Waals surface area contributed by atoms with Crippen LogP contribution >= 0.6 is 11.5 Å². The van der Waals surface area contributed by atoms with Crippen molar-refractivity contribution in [3.63, 3.8) is 0 Å². The lowest BCUT2D eigenvalue weighted by Crippen LogP contribution is -2.34. The fourth-order valence-corrected chi connectivity index (χ4v) is 3.91. The number of rotatable bonds is 5. The Kier molecular flexibility index (Phi) is 4.95. The van der Waals surface area contributed by atoms with Crippen molar-refractivity contribution in [2.24, 2.45) is 0 Å². The third kappa shape index (κ3) is 3.55. The molecule has 3 heterocycles. The van der Waals surface area contributed by atoms with Gasteiger partial charge in [-0.25, -0.2) is 9.97 Å². The molecule has 3 aromatic rings. The number of nitrogens with one attached hydrogen (secondary N) is 1. The molecule has 1 N–H and O–H groups in total. The number of anilines is 2. The Labute approximate surface area is 167 Å². The van der Waals surface area contributed by atoms with Crippen molar-refractivity contribution in [1.82, 2.24) is 14.3 Å². The largest absolute Gasteiger partial charge is 0.481 e. The summed E-state index contributed by atoms with van der Waals surface area (Å²) < 4.78 is 9.41. The van der Waals surface area contributed by atoms with Crippen LogP contribution in [0.1, 0.15) is 17.1 Å². The molecule has 0 fully saturated rings. The molecule has 0 aliphatic carbocycles. The minimum atomic E-state index is 0.0160. The molecule has 1 aromatic carbocycles. The van der Waals surface area contributed by atoms with E-state index in [1.807, 2.05) is 38.1 Å². The fourth-order valence-electron chi connectivity index (χ4n) is 3.24. The third-order valence-corrected chi connectivity index (χ3v) is 5.60. The summed E-state index contributed by atoms with van der Waals surface area (Å²) in [5.41, 5.74) is 4.76. The smallest absolute Gasteiger partial charge is 0.246 e. The van der Waals surface area contributed by atoms with Gasteiger partial charge in [-0.1, -0.05) is 12.1 Å². The van der Waals surface area contributed by atoms with Gasteiger partial charge in [-0.2, -0.15) is 4.37 Å². The number of fused-ring (bicyclic) bond motifs is 1. The van der Waals surface area contributed by atoms with Crippen molar-refractivity contribution in [2.75, 3.05) is 30.4 Å². The second-order valence-corrected chi connectivity index (χ2v) is 7.40. The minimum Gasteiger partial charge on any atom is -0.481 e. The van der Waals surface area contributed by atoms with Crippen LogP contribution in [0.4, 0.5) is 11.4 Å². The maximum Gasteiger partial charge on any atom is 0.246 e. The highest BCUT2D eigenvalue weighted by Gasteiger charge is 2.26. The molecule has 1 aliphatic rings. The molecule has 28 heavy (non-hydrogen) atoms. The van der Waals surface area contributed by atoms with Gasteiger partial charge in [0.1, 0.15) is 10.8 Å². The Morgan fingerprint density at radius 1 is 1.25 bits per heavy atom. The molecular weight excluding hydrogens is 374 g/mol. The van der Waals surface area contributed by atoms with Crippen LogP contribution in [0.15, 0.2) is 30.3 Å². The first-order valence-electron chi connectivity index (χ1n) is 9.04. The molecule has 2 aromatic heterocycles. The Bertz CT molecular complexity index is 1030. The first-order valence-corrected chi connectivity index (χ1v) is 9.82. The van der Waals surface area contributed by atoms with Gasteiger partial charge in [-0.15, -0.1) is 0 Å². The van der Waals surface area contributed by atoms with Crippen molar-refractivity contribution in [3.8, 4) is 16.5 Å². The number of carbonyl (C=O) groups excluding carboxylic acids is 1. The van der Waals surface area contributed by atoms with Gasteiger partial charge in [0, 0.05) is 30.3 Å². The quantitative estimate of drug-likeness (QED) is 0.714. The summed E-state index contributed by atoms with van der Waals surface area (Å²) >= 11 is 1.38. The highest BCUT2D eigenvalue weighted by atomic mass is 32.1. The molecule has 1 aliphatic heterocycles. The van der Waals surface area contributed by atoms with Gasteiger partial charge in [0.25, 0.3) is 0 Å². The number of nitrogens with zero attached hydrogens (tertiary/aromatic N) is 4. The van der Waals surface area contributed by atoms with Crippen molar-refractivity contribution in [1.29, 1.82) is 0 Å². The SMILES string of the molecule is COc1ccc2c(n1)CCN2C(=O)CNc1cc(-c2nc(C)ns2)ccc1C. The topological polar surface area (TPSA) is 80.2 Å². The van der Waals surface area contributed by atoms with E-state index >= 15 is 0 Å².